The van der Waals surface area contributed by atoms with E-state index in [1.807, 2.05) is 0 Å². The molecule has 0 fully saturated rings. The molecule has 4 nitrogen and oxygen atoms in total. The van der Waals surface area contributed by atoms with Gasteiger partial charge in [0.2, 0.25) is 0 Å². The number of halogens is 5. The van der Waals surface area contributed by atoms with Gasteiger partial charge in [-0.3, -0.25) is 9.20 Å². The van der Waals surface area contributed by atoms with Gasteiger partial charge in [0.15, 0.2) is 0 Å². The molecule has 0 aliphatic heterocycles. The summed E-state index contributed by atoms with van der Waals surface area (Å²) in [4.78, 5) is 16.4. The maximum absolute atomic E-state index is 12.9. The van der Waals surface area contributed by atoms with Crippen molar-refractivity contribution >= 4 is 38.9 Å². The van der Waals surface area contributed by atoms with Crippen LogP contribution >= 0.6 is 27.5 Å². The summed E-state index contributed by atoms with van der Waals surface area (Å²) in [6, 6.07) is 8.32. The molecule has 130 valence electrons. The molecule has 9 heteroatoms. The lowest BCUT2D eigenvalue weighted by Gasteiger charge is -2.12. The minimum atomic E-state index is -4.46. The molecule has 0 saturated heterocycles. The van der Waals surface area contributed by atoms with Gasteiger partial charge in [0.25, 0.3) is 5.56 Å². The molecule has 1 N–H and O–H groups in total. The molecule has 0 radical (unpaired) electrons. The van der Waals surface area contributed by atoms with Crippen LogP contribution in [0.4, 0.5) is 18.9 Å². The summed E-state index contributed by atoms with van der Waals surface area (Å²) < 4.78 is 40.0. The number of fused-ring (bicyclic) bond motifs is 1. The molecule has 3 rings (SSSR count). The largest absolute Gasteiger partial charge is 0.417 e. The first kappa shape index (κ1) is 17.8. The highest BCUT2D eigenvalue weighted by atomic mass is 79.9. The van der Waals surface area contributed by atoms with E-state index in [0.29, 0.717) is 16.4 Å². The monoisotopic (exact) mass is 431 g/mol. The Morgan fingerprint density at radius 1 is 1.20 bits per heavy atom. The molecule has 3 aromatic rings. The second-order valence-corrected chi connectivity index (χ2v) is 6.50. The van der Waals surface area contributed by atoms with Crippen LogP contribution in [0, 0.1) is 0 Å². The third kappa shape index (κ3) is 3.96. The fourth-order valence-corrected chi connectivity index (χ4v) is 2.89. The van der Waals surface area contributed by atoms with Crippen LogP contribution in [-0.2, 0) is 12.7 Å². The van der Waals surface area contributed by atoms with Crippen LogP contribution in [0.2, 0.25) is 5.02 Å². The minimum Gasteiger partial charge on any atom is -0.379 e. The van der Waals surface area contributed by atoms with Crippen molar-refractivity contribution in [2.75, 3.05) is 5.32 Å². The molecule has 0 saturated carbocycles. The maximum Gasteiger partial charge on any atom is 0.417 e. The van der Waals surface area contributed by atoms with E-state index in [2.05, 4.69) is 26.2 Å². The van der Waals surface area contributed by atoms with Crippen LogP contribution in [0.1, 0.15) is 11.3 Å². The highest BCUT2D eigenvalue weighted by Crippen LogP contribution is 2.36. The van der Waals surface area contributed by atoms with Crippen molar-refractivity contribution in [3.8, 4) is 0 Å². The molecule has 25 heavy (non-hydrogen) atoms. The van der Waals surface area contributed by atoms with Gasteiger partial charge in [0, 0.05) is 22.4 Å². The summed E-state index contributed by atoms with van der Waals surface area (Å²) in [7, 11) is 0. The fourth-order valence-electron chi connectivity index (χ4n) is 2.26. The van der Waals surface area contributed by atoms with Gasteiger partial charge in [-0.1, -0.05) is 27.5 Å². The van der Waals surface area contributed by atoms with Crippen molar-refractivity contribution in [2.45, 2.75) is 12.7 Å². The molecule has 0 unspecified atom stereocenters. The normalized spacial score (nSPS) is 11.7. The van der Waals surface area contributed by atoms with Crippen molar-refractivity contribution in [3.05, 3.63) is 73.7 Å². The highest BCUT2D eigenvalue weighted by molar-refractivity contribution is 9.10. The Hall–Kier alpha value is -2.06. The Balaban J connectivity index is 1.86. The van der Waals surface area contributed by atoms with Crippen molar-refractivity contribution in [1.29, 1.82) is 0 Å². The average Bonchev–Trinajstić information content (AvgIpc) is 2.54. The quantitative estimate of drug-likeness (QED) is 0.650. The Labute approximate surface area is 153 Å². The Kier molecular flexibility index (Phi) is 4.75. The summed E-state index contributed by atoms with van der Waals surface area (Å²) >= 11 is 8.73. The third-order valence-corrected chi connectivity index (χ3v) is 4.34. The van der Waals surface area contributed by atoms with Crippen molar-refractivity contribution < 1.29 is 13.2 Å². The van der Waals surface area contributed by atoms with Crippen molar-refractivity contribution in [2.24, 2.45) is 0 Å². The molecule has 0 bridgehead atoms. The molecule has 1 aromatic carbocycles. The number of rotatable bonds is 3. The van der Waals surface area contributed by atoms with Crippen LogP contribution in [0.3, 0.4) is 0 Å². The van der Waals surface area contributed by atoms with Gasteiger partial charge in [0.1, 0.15) is 5.65 Å². The van der Waals surface area contributed by atoms with Gasteiger partial charge < -0.3 is 5.32 Å². The second-order valence-electron chi connectivity index (χ2n) is 5.21. The van der Waals surface area contributed by atoms with Crippen LogP contribution in [0.25, 0.3) is 5.65 Å². The van der Waals surface area contributed by atoms with E-state index in [0.717, 1.165) is 6.07 Å². The molecular formula is C16H10BrClF3N3O. The smallest absolute Gasteiger partial charge is 0.379 e. The lowest BCUT2D eigenvalue weighted by atomic mass is 10.2. The van der Waals surface area contributed by atoms with Crippen molar-refractivity contribution in [1.82, 2.24) is 9.38 Å². The first-order valence-corrected chi connectivity index (χ1v) is 8.19. The Morgan fingerprint density at radius 2 is 1.96 bits per heavy atom. The molecular weight excluding hydrogens is 423 g/mol. The third-order valence-electron chi connectivity index (χ3n) is 3.42. The fraction of sp³-hybridized carbons (Fsp3) is 0.125. The first-order chi connectivity index (χ1) is 11.7. The summed E-state index contributed by atoms with van der Waals surface area (Å²) in [5.74, 6) is 0. The van der Waals surface area contributed by atoms with Crippen LogP contribution in [-0.4, -0.2) is 9.38 Å². The lowest BCUT2D eigenvalue weighted by molar-refractivity contribution is -0.138. The Morgan fingerprint density at radius 3 is 2.68 bits per heavy atom. The standard InChI is InChI=1S/C16H10BrClF3N3O/c17-13-3-2-10(5-12(13)16(19,20)21)22-7-11-6-15(25)24-8-9(18)1-4-14(24)23-11/h1-6,8,22H,7H2. The summed E-state index contributed by atoms with van der Waals surface area (Å²) in [5.41, 5.74) is -0.0207. The number of aromatic nitrogens is 2. The summed E-state index contributed by atoms with van der Waals surface area (Å²) in [6.07, 6.45) is -3.01. The molecule has 2 aromatic heterocycles. The lowest BCUT2D eigenvalue weighted by Crippen LogP contribution is -2.16. The van der Waals surface area contributed by atoms with E-state index in [1.165, 1.54) is 28.8 Å². The zero-order valence-corrected chi connectivity index (χ0v) is 14.8. The molecule has 0 aliphatic carbocycles. The number of nitrogens with zero attached hydrogens (tertiary/aromatic N) is 2. The van der Waals surface area contributed by atoms with Gasteiger partial charge in [-0.2, -0.15) is 13.2 Å². The van der Waals surface area contributed by atoms with Crippen LogP contribution in [0.15, 0.2) is 51.9 Å². The number of hydrogen-bond donors (Lipinski definition) is 1. The van der Waals surface area contributed by atoms with Gasteiger partial charge >= 0.3 is 6.18 Å². The number of pyridine rings is 1. The number of alkyl halides is 3. The number of benzene rings is 1. The van der Waals surface area contributed by atoms with E-state index < -0.39 is 11.7 Å². The first-order valence-electron chi connectivity index (χ1n) is 7.02. The van der Waals surface area contributed by atoms with Gasteiger partial charge in [-0.05, 0) is 30.3 Å². The van der Waals surface area contributed by atoms with Crippen LogP contribution in [0.5, 0.6) is 0 Å². The number of anilines is 1. The van der Waals surface area contributed by atoms with Crippen LogP contribution < -0.4 is 10.9 Å². The number of nitrogens with one attached hydrogen (secondary N) is 1. The predicted octanol–water partition coefficient (Wildman–Crippen LogP) is 4.74. The van der Waals surface area contributed by atoms with E-state index in [-0.39, 0.29) is 22.3 Å². The molecule has 0 aliphatic rings. The zero-order valence-electron chi connectivity index (χ0n) is 12.4. The minimum absolute atomic E-state index is 0.0375. The topological polar surface area (TPSA) is 46.4 Å². The number of hydrogen-bond acceptors (Lipinski definition) is 3. The highest BCUT2D eigenvalue weighted by Gasteiger charge is 2.33. The molecule has 0 spiro atoms. The predicted molar refractivity (Wildman–Crippen MR) is 92.9 cm³/mol. The Bertz CT molecular complexity index is 1000. The zero-order chi connectivity index (χ0) is 18.2. The summed E-state index contributed by atoms with van der Waals surface area (Å²) in [5, 5.41) is 3.25. The maximum atomic E-state index is 12.9. The molecule has 0 atom stereocenters. The van der Waals surface area contributed by atoms with E-state index in [1.54, 1.807) is 12.1 Å². The molecule has 0 amide bonds. The van der Waals surface area contributed by atoms with Crippen molar-refractivity contribution in [3.63, 3.8) is 0 Å². The van der Waals surface area contributed by atoms with E-state index in [9.17, 15) is 18.0 Å². The van der Waals surface area contributed by atoms with E-state index in [4.69, 9.17) is 11.6 Å². The second kappa shape index (κ2) is 6.68. The van der Waals surface area contributed by atoms with E-state index >= 15 is 0 Å². The van der Waals surface area contributed by atoms with Gasteiger partial charge in [0.05, 0.1) is 22.8 Å². The van der Waals surface area contributed by atoms with Gasteiger partial charge in [-0.25, -0.2) is 4.98 Å². The molecule has 2 heterocycles. The SMILES string of the molecule is O=c1cc(CNc2ccc(Br)c(C(F)(F)F)c2)nc2ccc(Cl)cn12. The van der Waals surface area contributed by atoms with Gasteiger partial charge in [-0.15, -0.1) is 0 Å². The average molecular weight is 433 g/mol. The summed E-state index contributed by atoms with van der Waals surface area (Å²) in [6.45, 7) is 0.104.